The Morgan fingerprint density at radius 3 is 2.53 bits per heavy atom. The predicted octanol–water partition coefficient (Wildman–Crippen LogP) is 2.70. The molecule has 1 saturated carbocycles. The van der Waals surface area contributed by atoms with Gasteiger partial charge in [0.25, 0.3) is 0 Å². The van der Waals surface area contributed by atoms with Crippen LogP contribution in [-0.2, 0) is 4.79 Å². The van der Waals surface area contributed by atoms with Crippen molar-refractivity contribution in [2.75, 3.05) is 18.5 Å². The van der Waals surface area contributed by atoms with Gasteiger partial charge >= 0.3 is 0 Å². The second-order valence-electron chi connectivity index (χ2n) is 5.36. The van der Waals surface area contributed by atoms with E-state index in [2.05, 4.69) is 0 Å². The molecular weight excluding hydrogens is 243 g/mol. The highest BCUT2D eigenvalue weighted by Gasteiger charge is 2.40. The smallest absolute Gasteiger partial charge is 0.234 e. The van der Waals surface area contributed by atoms with Gasteiger partial charge in [-0.25, -0.2) is 4.39 Å². The summed E-state index contributed by atoms with van der Waals surface area (Å²) in [6, 6.07) is 6.35. The average Bonchev–Trinajstić information content (AvgIpc) is 2.47. The Bertz CT molecular complexity index is 455. The van der Waals surface area contributed by atoms with Crippen LogP contribution in [0.25, 0.3) is 0 Å². The fourth-order valence-electron chi connectivity index (χ4n) is 2.92. The van der Waals surface area contributed by atoms with Gasteiger partial charge in [0.2, 0.25) is 5.91 Å². The molecule has 2 N–H and O–H groups in total. The molecule has 3 nitrogen and oxygen atoms in total. The topological polar surface area (TPSA) is 46.3 Å². The molecule has 0 saturated heterocycles. The number of carbonyl (C=O) groups is 1. The van der Waals surface area contributed by atoms with Gasteiger partial charge in [-0.05, 0) is 25.0 Å². The summed E-state index contributed by atoms with van der Waals surface area (Å²) in [7, 11) is 1.63. The molecule has 104 valence electrons. The summed E-state index contributed by atoms with van der Waals surface area (Å²) >= 11 is 0. The Morgan fingerprint density at radius 1 is 1.32 bits per heavy atom. The van der Waals surface area contributed by atoms with Crippen molar-refractivity contribution in [3.8, 4) is 0 Å². The molecule has 19 heavy (non-hydrogen) atoms. The zero-order valence-electron chi connectivity index (χ0n) is 11.4. The zero-order valence-corrected chi connectivity index (χ0v) is 11.4. The zero-order chi connectivity index (χ0) is 13.9. The number of anilines is 1. The van der Waals surface area contributed by atoms with Crippen molar-refractivity contribution >= 4 is 11.6 Å². The highest BCUT2D eigenvalue weighted by molar-refractivity contribution is 5.97. The third kappa shape index (κ3) is 2.63. The molecule has 0 heterocycles. The van der Waals surface area contributed by atoms with Crippen molar-refractivity contribution in [1.29, 1.82) is 0 Å². The van der Waals surface area contributed by atoms with Crippen LogP contribution in [0.2, 0.25) is 0 Å². The molecule has 1 aromatic rings. The van der Waals surface area contributed by atoms with Crippen LogP contribution < -0.4 is 10.6 Å². The largest absolute Gasteiger partial charge is 0.329 e. The number of hydrogen-bond donors (Lipinski definition) is 1. The summed E-state index contributed by atoms with van der Waals surface area (Å²) in [5, 5.41) is 0. The third-order valence-electron chi connectivity index (χ3n) is 4.17. The van der Waals surface area contributed by atoms with E-state index < -0.39 is 5.41 Å². The Labute approximate surface area is 113 Å². The molecule has 0 aliphatic heterocycles. The van der Waals surface area contributed by atoms with E-state index in [0.29, 0.717) is 12.2 Å². The molecule has 0 radical (unpaired) electrons. The number of para-hydroxylation sites is 1. The maximum Gasteiger partial charge on any atom is 0.234 e. The van der Waals surface area contributed by atoms with Crippen molar-refractivity contribution in [2.45, 2.75) is 32.1 Å². The highest BCUT2D eigenvalue weighted by atomic mass is 19.1. The van der Waals surface area contributed by atoms with Crippen molar-refractivity contribution in [3.05, 3.63) is 30.1 Å². The summed E-state index contributed by atoms with van der Waals surface area (Å²) in [4.78, 5) is 14.1. The molecule has 1 fully saturated rings. The maximum atomic E-state index is 13.8. The van der Waals surface area contributed by atoms with E-state index in [1.807, 2.05) is 0 Å². The lowest BCUT2D eigenvalue weighted by Crippen LogP contribution is -2.48. The van der Waals surface area contributed by atoms with Gasteiger partial charge < -0.3 is 10.6 Å². The van der Waals surface area contributed by atoms with Crippen LogP contribution in [0.15, 0.2) is 24.3 Å². The maximum absolute atomic E-state index is 13.8. The summed E-state index contributed by atoms with van der Waals surface area (Å²) in [5.74, 6) is -0.430. The first-order valence-corrected chi connectivity index (χ1v) is 6.83. The number of carbonyl (C=O) groups excluding carboxylic acids is 1. The van der Waals surface area contributed by atoms with Crippen molar-refractivity contribution in [3.63, 3.8) is 0 Å². The lowest BCUT2D eigenvalue weighted by Gasteiger charge is -2.37. The Hall–Kier alpha value is -1.42. The monoisotopic (exact) mass is 264 g/mol. The average molecular weight is 264 g/mol. The van der Waals surface area contributed by atoms with Crippen molar-refractivity contribution < 1.29 is 9.18 Å². The van der Waals surface area contributed by atoms with E-state index in [-0.39, 0.29) is 11.7 Å². The van der Waals surface area contributed by atoms with E-state index in [4.69, 9.17) is 5.73 Å². The molecule has 0 spiro atoms. The van der Waals surface area contributed by atoms with Crippen LogP contribution in [0, 0.1) is 11.2 Å². The standard InChI is InChI=1S/C15H21FN2O/c1-18(13-8-4-3-7-12(13)16)14(19)15(11-17)9-5-2-6-10-15/h3-4,7-8H,2,5-6,9-11,17H2,1H3. The van der Waals surface area contributed by atoms with Gasteiger partial charge in [-0.3, -0.25) is 4.79 Å². The fourth-order valence-corrected chi connectivity index (χ4v) is 2.92. The van der Waals surface area contributed by atoms with Gasteiger partial charge in [-0.1, -0.05) is 31.4 Å². The molecule has 2 rings (SSSR count). The Kier molecular flexibility index (Phi) is 4.20. The number of halogens is 1. The highest BCUT2D eigenvalue weighted by Crippen LogP contribution is 2.38. The third-order valence-corrected chi connectivity index (χ3v) is 4.17. The van der Waals surface area contributed by atoms with E-state index in [9.17, 15) is 9.18 Å². The molecule has 4 heteroatoms. The number of amides is 1. The SMILES string of the molecule is CN(C(=O)C1(CN)CCCCC1)c1ccccc1F. The van der Waals surface area contributed by atoms with Gasteiger partial charge in [0.05, 0.1) is 11.1 Å². The first-order valence-electron chi connectivity index (χ1n) is 6.83. The quantitative estimate of drug-likeness (QED) is 0.912. The van der Waals surface area contributed by atoms with Gasteiger partial charge in [-0.15, -0.1) is 0 Å². The normalized spacial score (nSPS) is 18.1. The van der Waals surface area contributed by atoms with Crippen LogP contribution in [0.4, 0.5) is 10.1 Å². The first kappa shape index (κ1) is 14.0. The molecule has 0 atom stereocenters. The van der Waals surface area contributed by atoms with E-state index in [0.717, 1.165) is 32.1 Å². The minimum atomic E-state index is -0.505. The van der Waals surface area contributed by atoms with Crippen molar-refractivity contribution in [2.24, 2.45) is 11.1 Å². The minimum Gasteiger partial charge on any atom is -0.329 e. The van der Waals surface area contributed by atoms with Gasteiger partial charge in [-0.2, -0.15) is 0 Å². The van der Waals surface area contributed by atoms with Gasteiger partial charge in [0.1, 0.15) is 5.82 Å². The fraction of sp³-hybridized carbons (Fsp3) is 0.533. The molecule has 0 aromatic heterocycles. The number of hydrogen-bond acceptors (Lipinski definition) is 2. The van der Waals surface area contributed by atoms with E-state index in [1.165, 1.54) is 11.0 Å². The second kappa shape index (κ2) is 5.70. The Morgan fingerprint density at radius 2 is 1.95 bits per heavy atom. The lowest BCUT2D eigenvalue weighted by atomic mass is 9.73. The van der Waals surface area contributed by atoms with Gasteiger partial charge in [0, 0.05) is 13.6 Å². The molecule has 1 amide bonds. The minimum absolute atomic E-state index is 0.0557. The number of rotatable bonds is 3. The summed E-state index contributed by atoms with van der Waals surface area (Å²) in [6.07, 6.45) is 4.81. The molecule has 0 unspecified atom stereocenters. The number of nitrogens with two attached hydrogens (primary N) is 1. The van der Waals surface area contributed by atoms with E-state index in [1.54, 1.807) is 25.2 Å². The number of benzene rings is 1. The van der Waals surface area contributed by atoms with Crippen LogP contribution >= 0.6 is 0 Å². The van der Waals surface area contributed by atoms with Crippen LogP contribution in [0.3, 0.4) is 0 Å². The van der Waals surface area contributed by atoms with E-state index >= 15 is 0 Å². The predicted molar refractivity (Wildman–Crippen MR) is 74.4 cm³/mol. The molecular formula is C15H21FN2O. The van der Waals surface area contributed by atoms with Gasteiger partial charge in [0.15, 0.2) is 0 Å². The molecule has 1 aliphatic carbocycles. The lowest BCUT2D eigenvalue weighted by molar-refractivity contribution is -0.129. The summed E-state index contributed by atoms with van der Waals surface area (Å²) in [6.45, 7) is 0.338. The Balaban J connectivity index is 2.25. The van der Waals surface area contributed by atoms with Crippen LogP contribution in [0.1, 0.15) is 32.1 Å². The first-order chi connectivity index (χ1) is 9.10. The molecule has 1 aliphatic rings. The second-order valence-corrected chi connectivity index (χ2v) is 5.36. The molecule has 0 bridgehead atoms. The van der Waals surface area contributed by atoms with Crippen molar-refractivity contribution in [1.82, 2.24) is 0 Å². The van der Waals surface area contributed by atoms with Crippen LogP contribution in [-0.4, -0.2) is 19.5 Å². The molecule has 1 aromatic carbocycles. The summed E-state index contributed by atoms with van der Waals surface area (Å²) in [5.41, 5.74) is 5.67. The number of nitrogens with zero attached hydrogens (tertiary/aromatic N) is 1. The van der Waals surface area contributed by atoms with Crippen LogP contribution in [0.5, 0.6) is 0 Å². The summed E-state index contributed by atoms with van der Waals surface area (Å²) < 4.78 is 13.8.